The summed E-state index contributed by atoms with van der Waals surface area (Å²) in [7, 11) is 0. The van der Waals surface area contributed by atoms with E-state index in [2.05, 4.69) is 15.0 Å². The number of hydrogen-bond acceptors (Lipinski definition) is 4. The van der Waals surface area contributed by atoms with Gasteiger partial charge in [0, 0.05) is 11.6 Å². The number of para-hydroxylation sites is 1. The van der Waals surface area contributed by atoms with Crippen molar-refractivity contribution in [2.45, 2.75) is 0 Å². The second-order valence-corrected chi connectivity index (χ2v) is 3.76. The summed E-state index contributed by atoms with van der Waals surface area (Å²) >= 11 is 0. The van der Waals surface area contributed by atoms with Crippen molar-refractivity contribution in [1.82, 2.24) is 15.0 Å². The van der Waals surface area contributed by atoms with Crippen LogP contribution in [-0.4, -0.2) is 26.0 Å². The Hall–Kier alpha value is -2.76. The molecule has 88 valence electrons. The summed E-state index contributed by atoms with van der Waals surface area (Å²) in [4.78, 5) is 32.7. The number of pyridine rings is 1. The van der Waals surface area contributed by atoms with Crippen molar-refractivity contribution < 1.29 is 9.90 Å². The van der Waals surface area contributed by atoms with Crippen molar-refractivity contribution in [1.29, 1.82) is 0 Å². The number of nitrogens with zero attached hydrogens (tertiary/aromatic N) is 2. The average Bonchev–Trinajstić information content (AvgIpc) is 2.35. The van der Waals surface area contributed by atoms with Crippen molar-refractivity contribution in [3.05, 3.63) is 46.5 Å². The predicted octanol–water partition coefficient (Wildman–Crippen LogP) is 1.17. The molecule has 0 spiro atoms. The van der Waals surface area contributed by atoms with Crippen molar-refractivity contribution in [2.75, 3.05) is 0 Å². The molecule has 2 heterocycles. The van der Waals surface area contributed by atoms with Crippen LogP contribution >= 0.6 is 0 Å². The summed E-state index contributed by atoms with van der Waals surface area (Å²) in [6, 6.07) is 6.86. The zero-order valence-electron chi connectivity index (χ0n) is 9.04. The van der Waals surface area contributed by atoms with E-state index in [9.17, 15) is 14.7 Å². The maximum Gasteiger partial charge on any atom is 0.346 e. The summed E-state index contributed by atoms with van der Waals surface area (Å²) < 4.78 is 0. The minimum absolute atomic E-state index is 0.0966. The largest absolute Gasteiger partial charge is 0.478 e. The lowest BCUT2D eigenvalue weighted by molar-refractivity contribution is 0.0701. The average molecular weight is 241 g/mol. The third-order valence-corrected chi connectivity index (χ3v) is 2.68. The molecule has 6 nitrogen and oxygen atoms in total. The molecule has 3 aromatic rings. The maximum absolute atomic E-state index is 11.4. The highest BCUT2D eigenvalue weighted by Gasteiger charge is 2.15. The van der Waals surface area contributed by atoms with Gasteiger partial charge >= 0.3 is 11.7 Å². The monoisotopic (exact) mass is 241 g/mol. The number of carboxylic acid groups (broad SMARTS) is 1. The normalized spacial score (nSPS) is 10.9. The lowest BCUT2D eigenvalue weighted by Gasteiger charge is -2.05. The van der Waals surface area contributed by atoms with Gasteiger partial charge in [0.2, 0.25) is 0 Å². The zero-order chi connectivity index (χ0) is 12.7. The van der Waals surface area contributed by atoms with Crippen LogP contribution in [-0.2, 0) is 0 Å². The van der Waals surface area contributed by atoms with Gasteiger partial charge in [-0.2, -0.15) is 0 Å². The molecular weight excluding hydrogens is 234 g/mol. The fourth-order valence-corrected chi connectivity index (χ4v) is 1.93. The van der Waals surface area contributed by atoms with Crippen LogP contribution in [0.15, 0.2) is 35.3 Å². The van der Waals surface area contributed by atoms with Crippen LogP contribution in [0.3, 0.4) is 0 Å². The topological polar surface area (TPSA) is 95.9 Å². The number of nitrogens with one attached hydrogen (secondary N) is 1. The summed E-state index contributed by atoms with van der Waals surface area (Å²) in [5.41, 5.74) is 0.288. The predicted molar refractivity (Wildman–Crippen MR) is 64.6 cm³/mol. The van der Waals surface area contributed by atoms with E-state index in [-0.39, 0.29) is 11.2 Å². The van der Waals surface area contributed by atoms with E-state index in [0.29, 0.717) is 16.3 Å². The molecule has 0 amide bonds. The number of rotatable bonds is 1. The first-order valence-electron chi connectivity index (χ1n) is 5.18. The molecule has 18 heavy (non-hydrogen) atoms. The minimum Gasteiger partial charge on any atom is -0.478 e. The first-order valence-corrected chi connectivity index (χ1v) is 5.18. The Balaban J connectivity index is 2.62. The summed E-state index contributed by atoms with van der Waals surface area (Å²) in [6.07, 6.45) is 1.23. The molecule has 2 N–H and O–H groups in total. The van der Waals surface area contributed by atoms with Crippen molar-refractivity contribution in [3.63, 3.8) is 0 Å². The number of benzene rings is 1. The van der Waals surface area contributed by atoms with Crippen LogP contribution < -0.4 is 5.69 Å². The van der Waals surface area contributed by atoms with Gasteiger partial charge in [0.1, 0.15) is 5.65 Å². The number of hydrogen-bond donors (Lipinski definition) is 2. The Morgan fingerprint density at radius 1 is 1.22 bits per heavy atom. The molecule has 0 saturated carbocycles. The fourth-order valence-electron chi connectivity index (χ4n) is 1.93. The highest BCUT2D eigenvalue weighted by atomic mass is 16.4. The van der Waals surface area contributed by atoms with Gasteiger partial charge < -0.3 is 5.11 Å². The minimum atomic E-state index is -1.08. The zero-order valence-corrected chi connectivity index (χ0v) is 9.04. The molecule has 0 fully saturated rings. The number of aromatic carboxylic acids is 1. The van der Waals surface area contributed by atoms with Crippen LogP contribution in [0.4, 0.5) is 0 Å². The Kier molecular flexibility index (Phi) is 2.09. The van der Waals surface area contributed by atoms with Crippen LogP contribution in [0.5, 0.6) is 0 Å². The van der Waals surface area contributed by atoms with Crippen LogP contribution in [0, 0.1) is 0 Å². The van der Waals surface area contributed by atoms with E-state index in [4.69, 9.17) is 0 Å². The number of fused-ring (bicyclic) bond motifs is 2. The third kappa shape index (κ3) is 1.43. The van der Waals surface area contributed by atoms with Gasteiger partial charge in [-0.05, 0) is 6.07 Å². The first kappa shape index (κ1) is 10.4. The van der Waals surface area contributed by atoms with E-state index in [1.54, 1.807) is 24.3 Å². The second kappa shape index (κ2) is 3.63. The lowest BCUT2D eigenvalue weighted by atomic mass is 10.1. The van der Waals surface area contributed by atoms with Crippen LogP contribution in [0.25, 0.3) is 21.9 Å². The molecule has 2 aromatic heterocycles. The summed E-state index contributed by atoms with van der Waals surface area (Å²) in [6.45, 7) is 0. The van der Waals surface area contributed by atoms with E-state index in [0.717, 1.165) is 0 Å². The molecule has 0 aliphatic carbocycles. The number of carbonyl (C=O) groups is 1. The highest BCUT2D eigenvalue weighted by molar-refractivity contribution is 6.12. The molecule has 1 aromatic carbocycles. The van der Waals surface area contributed by atoms with Gasteiger partial charge in [0.05, 0.1) is 16.5 Å². The highest BCUT2D eigenvalue weighted by Crippen LogP contribution is 2.23. The van der Waals surface area contributed by atoms with Gasteiger partial charge in [-0.25, -0.2) is 19.6 Å². The van der Waals surface area contributed by atoms with Crippen LogP contribution in [0.2, 0.25) is 0 Å². The maximum atomic E-state index is 11.4. The Labute approximate surface area is 99.9 Å². The third-order valence-electron chi connectivity index (χ3n) is 2.68. The standard InChI is InChI=1S/C12H7N3O3/c16-11(17)9-6-3-1-2-4-8(6)14-10-7(9)5-13-12(18)15-10/h1-5H,(H,16,17)(H,13,14,15,18). The van der Waals surface area contributed by atoms with Gasteiger partial charge in [0.25, 0.3) is 0 Å². The summed E-state index contributed by atoms with van der Waals surface area (Å²) in [5, 5.41) is 10.1. The molecule has 6 heteroatoms. The number of H-pyrrole nitrogens is 1. The second-order valence-electron chi connectivity index (χ2n) is 3.76. The number of aromatic amines is 1. The lowest BCUT2D eigenvalue weighted by Crippen LogP contribution is -2.11. The van der Waals surface area contributed by atoms with Gasteiger partial charge in [0.15, 0.2) is 0 Å². The Morgan fingerprint density at radius 3 is 2.78 bits per heavy atom. The van der Waals surface area contributed by atoms with E-state index < -0.39 is 11.7 Å². The fraction of sp³-hybridized carbons (Fsp3) is 0. The van der Waals surface area contributed by atoms with Crippen molar-refractivity contribution >= 4 is 27.9 Å². The molecule has 0 bridgehead atoms. The molecular formula is C12H7N3O3. The van der Waals surface area contributed by atoms with Crippen molar-refractivity contribution in [3.8, 4) is 0 Å². The molecule has 0 aliphatic rings. The summed E-state index contributed by atoms with van der Waals surface area (Å²) in [5.74, 6) is -1.08. The van der Waals surface area contributed by atoms with Gasteiger partial charge in [-0.3, -0.25) is 4.98 Å². The van der Waals surface area contributed by atoms with Crippen LogP contribution in [0.1, 0.15) is 10.4 Å². The first-order chi connectivity index (χ1) is 8.66. The molecule has 0 aliphatic heterocycles. The molecule has 0 radical (unpaired) electrons. The Morgan fingerprint density at radius 2 is 2.00 bits per heavy atom. The quantitative estimate of drug-likeness (QED) is 0.623. The molecule has 3 rings (SSSR count). The van der Waals surface area contributed by atoms with E-state index in [1.165, 1.54) is 6.20 Å². The van der Waals surface area contributed by atoms with E-state index in [1.807, 2.05) is 0 Å². The molecule has 0 unspecified atom stereocenters. The number of carboxylic acids is 1. The van der Waals surface area contributed by atoms with Gasteiger partial charge in [-0.1, -0.05) is 18.2 Å². The molecule has 0 atom stereocenters. The molecule has 0 saturated heterocycles. The smallest absolute Gasteiger partial charge is 0.346 e. The Bertz CT molecular complexity index is 839. The SMILES string of the molecule is O=C(O)c1c2ccccc2nc2[nH]c(=O)ncc12. The van der Waals surface area contributed by atoms with Gasteiger partial charge in [-0.15, -0.1) is 0 Å². The van der Waals surface area contributed by atoms with E-state index >= 15 is 0 Å². The number of aromatic nitrogens is 3. The van der Waals surface area contributed by atoms with Crippen molar-refractivity contribution in [2.24, 2.45) is 0 Å².